The van der Waals surface area contributed by atoms with E-state index in [1.807, 2.05) is 47.0 Å². The highest BCUT2D eigenvalue weighted by Gasteiger charge is 2.19. The SMILES string of the molecule is CCN(CC)c1ccc(C=NNC(=O)CSc2nnc(-c3ccc(C(C)(C)C)cc3)n2-c2ccccc2)cc1. The summed E-state index contributed by atoms with van der Waals surface area (Å²) in [6, 6.07) is 26.5. The van der Waals surface area contributed by atoms with E-state index in [9.17, 15) is 4.79 Å². The van der Waals surface area contributed by atoms with Crippen molar-refractivity contribution in [3.05, 3.63) is 90.0 Å². The van der Waals surface area contributed by atoms with Gasteiger partial charge in [0.2, 0.25) is 0 Å². The van der Waals surface area contributed by atoms with Crippen LogP contribution in [0.15, 0.2) is 89.1 Å². The normalized spacial score (nSPS) is 11.6. The molecular weight excluding hydrogens is 504 g/mol. The number of rotatable bonds is 10. The van der Waals surface area contributed by atoms with E-state index in [1.54, 1.807) is 6.21 Å². The Labute approximate surface area is 235 Å². The molecule has 3 aromatic carbocycles. The van der Waals surface area contributed by atoms with E-state index >= 15 is 0 Å². The Balaban J connectivity index is 1.45. The molecule has 0 aliphatic rings. The van der Waals surface area contributed by atoms with E-state index < -0.39 is 0 Å². The number of hydrogen-bond donors (Lipinski definition) is 1. The fourth-order valence-corrected chi connectivity index (χ4v) is 4.92. The lowest BCUT2D eigenvalue weighted by atomic mass is 9.87. The molecule has 7 nitrogen and oxygen atoms in total. The second kappa shape index (κ2) is 12.8. The Kier molecular flexibility index (Phi) is 9.19. The molecule has 0 saturated heterocycles. The predicted octanol–water partition coefficient (Wildman–Crippen LogP) is 6.32. The Hall–Kier alpha value is -3.91. The molecule has 1 heterocycles. The van der Waals surface area contributed by atoms with Crippen LogP contribution >= 0.6 is 11.8 Å². The molecule has 0 unspecified atom stereocenters. The molecular formula is C31H36N6OS. The second-order valence-electron chi connectivity index (χ2n) is 10.2. The van der Waals surface area contributed by atoms with Crippen molar-refractivity contribution in [1.29, 1.82) is 0 Å². The van der Waals surface area contributed by atoms with E-state index in [4.69, 9.17) is 0 Å². The van der Waals surface area contributed by atoms with Gasteiger partial charge in [0.1, 0.15) is 0 Å². The van der Waals surface area contributed by atoms with Gasteiger partial charge in [0.25, 0.3) is 5.91 Å². The number of amides is 1. The van der Waals surface area contributed by atoms with Crippen molar-refractivity contribution >= 4 is 29.6 Å². The van der Waals surface area contributed by atoms with Crippen molar-refractivity contribution < 1.29 is 4.79 Å². The fraction of sp³-hybridized carbons (Fsp3) is 0.290. The maximum atomic E-state index is 12.6. The first kappa shape index (κ1) is 28.1. The van der Waals surface area contributed by atoms with Crippen LogP contribution in [0.25, 0.3) is 17.1 Å². The van der Waals surface area contributed by atoms with Gasteiger partial charge in [-0.1, -0.05) is 87.1 Å². The van der Waals surface area contributed by atoms with E-state index in [-0.39, 0.29) is 17.1 Å². The van der Waals surface area contributed by atoms with Crippen LogP contribution in [0.3, 0.4) is 0 Å². The third-order valence-corrected chi connectivity index (χ3v) is 7.34. The fourth-order valence-electron chi connectivity index (χ4n) is 4.18. The molecule has 4 aromatic rings. The molecule has 1 amide bonds. The van der Waals surface area contributed by atoms with Gasteiger partial charge in [-0.3, -0.25) is 9.36 Å². The van der Waals surface area contributed by atoms with Gasteiger partial charge < -0.3 is 4.90 Å². The number of hydrogen-bond acceptors (Lipinski definition) is 6. The molecule has 202 valence electrons. The molecule has 0 saturated carbocycles. The maximum absolute atomic E-state index is 12.6. The monoisotopic (exact) mass is 540 g/mol. The van der Waals surface area contributed by atoms with Crippen molar-refractivity contribution in [2.75, 3.05) is 23.7 Å². The van der Waals surface area contributed by atoms with Gasteiger partial charge in [0.15, 0.2) is 11.0 Å². The second-order valence-corrected chi connectivity index (χ2v) is 11.1. The number of aromatic nitrogens is 3. The zero-order chi connectivity index (χ0) is 27.8. The van der Waals surface area contributed by atoms with Crippen molar-refractivity contribution in [3.63, 3.8) is 0 Å². The number of carbonyl (C=O) groups excluding carboxylic acids is 1. The summed E-state index contributed by atoms with van der Waals surface area (Å²) in [5, 5.41) is 13.7. The van der Waals surface area contributed by atoms with Crippen LogP contribution in [-0.2, 0) is 10.2 Å². The van der Waals surface area contributed by atoms with Crippen molar-refractivity contribution in [2.24, 2.45) is 5.10 Å². The van der Waals surface area contributed by atoms with Crippen LogP contribution in [0.5, 0.6) is 0 Å². The number of para-hydroxylation sites is 1. The Morgan fingerprint density at radius 2 is 1.62 bits per heavy atom. The summed E-state index contributed by atoms with van der Waals surface area (Å²) >= 11 is 1.33. The average molecular weight is 541 g/mol. The van der Waals surface area contributed by atoms with Gasteiger partial charge in [0, 0.05) is 30.0 Å². The molecule has 0 atom stereocenters. The van der Waals surface area contributed by atoms with Crippen LogP contribution in [-0.4, -0.2) is 45.7 Å². The first-order chi connectivity index (χ1) is 18.8. The van der Waals surface area contributed by atoms with Crippen LogP contribution in [0.2, 0.25) is 0 Å². The highest BCUT2D eigenvalue weighted by molar-refractivity contribution is 7.99. The summed E-state index contributed by atoms with van der Waals surface area (Å²) in [6.07, 6.45) is 1.65. The molecule has 0 spiro atoms. The maximum Gasteiger partial charge on any atom is 0.250 e. The van der Waals surface area contributed by atoms with Gasteiger partial charge in [-0.05, 0) is 54.7 Å². The zero-order valence-corrected chi connectivity index (χ0v) is 24.1. The minimum atomic E-state index is -0.213. The molecule has 0 aliphatic heterocycles. The number of nitrogens with one attached hydrogen (secondary N) is 1. The van der Waals surface area contributed by atoms with E-state index in [2.05, 4.69) is 96.6 Å². The summed E-state index contributed by atoms with van der Waals surface area (Å²) in [5.74, 6) is 0.678. The lowest BCUT2D eigenvalue weighted by Gasteiger charge is -2.20. The van der Waals surface area contributed by atoms with Gasteiger partial charge >= 0.3 is 0 Å². The highest BCUT2D eigenvalue weighted by Crippen LogP contribution is 2.30. The van der Waals surface area contributed by atoms with Crippen molar-refractivity contribution in [3.8, 4) is 17.1 Å². The Bertz CT molecular complexity index is 1390. The Morgan fingerprint density at radius 3 is 2.23 bits per heavy atom. The largest absolute Gasteiger partial charge is 0.372 e. The first-order valence-corrected chi connectivity index (χ1v) is 14.2. The number of carbonyl (C=O) groups is 1. The summed E-state index contributed by atoms with van der Waals surface area (Å²) in [5.41, 5.74) is 7.93. The van der Waals surface area contributed by atoms with Gasteiger partial charge in [-0.15, -0.1) is 10.2 Å². The molecule has 0 radical (unpaired) electrons. The molecule has 0 aliphatic carbocycles. The number of nitrogens with zero attached hydrogens (tertiary/aromatic N) is 5. The Morgan fingerprint density at radius 1 is 0.949 bits per heavy atom. The van der Waals surface area contributed by atoms with Crippen LogP contribution in [0, 0.1) is 0 Å². The van der Waals surface area contributed by atoms with Crippen molar-refractivity contribution in [2.45, 2.75) is 45.2 Å². The topological polar surface area (TPSA) is 75.4 Å². The highest BCUT2D eigenvalue weighted by atomic mass is 32.2. The molecule has 0 fully saturated rings. The lowest BCUT2D eigenvalue weighted by Crippen LogP contribution is -2.21. The van der Waals surface area contributed by atoms with E-state index in [0.29, 0.717) is 5.16 Å². The predicted molar refractivity (Wildman–Crippen MR) is 162 cm³/mol. The first-order valence-electron chi connectivity index (χ1n) is 13.2. The summed E-state index contributed by atoms with van der Waals surface area (Å²) < 4.78 is 1.99. The zero-order valence-electron chi connectivity index (χ0n) is 23.3. The smallest absolute Gasteiger partial charge is 0.250 e. The standard InChI is InChI=1S/C31H36N6OS/c1-6-36(7-2)26-19-13-23(14-20-26)21-32-33-28(38)22-39-30-35-34-29(37(30)27-11-9-8-10-12-27)24-15-17-25(18-16-24)31(3,4)5/h8-21H,6-7,22H2,1-5H3,(H,33,38). The van der Waals surface area contributed by atoms with Gasteiger partial charge in [0.05, 0.1) is 12.0 Å². The number of thioether (sulfide) groups is 1. The van der Waals surface area contributed by atoms with Gasteiger partial charge in [-0.2, -0.15) is 5.10 Å². The third kappa shape index (κ3) is 7.15. The van der Waals surface area contributed by atoms with E-state index in [0.717, 1.165) is 35.7 Å². The quantitative estimate of drug-likeness (QED) is 0.145. The molecule has 1 N–H and O–H groups in total. The van der Waals surface area contributed by atoms with Crippen LogP contribution in [0.1, 0.15) is 45.7 Å². The third-order valence-electron chi connectivity index (χ3n) is 6.41. The summed E-state index contributed by atoms with van der Waals surface area (Å²) in [7, 11) is 0. The molecule has 4 rings (SSSR count). The summed E-state index contributed by atoms with van der Waals surface area (Å²) in [6.45, 7) is 12.8. The molecule has 8 heteroatoms. The summed E-state index contributed by atoms with van der Waals surface area (Å²) in [4.78, 5) is 14.9. The molecule has 1 aromatic heterocycles. The number of benzene rings is 3. The number of anilines is 1. The van der Waals surface area contributed by atoms with Crippen LogP contribution in [0.4, 0.5) is 5.69 Å². The minimum absolute atomic E-state index is 0.0667. The molecule has 39 heavy (non-hydrogen) atoms. The van der Waals surface area contributed by atoms with Crippen LogP contribution < -0.4 is 10.3 Å². The minimum Gasteiger partial charge on any atom is -0.372 e. The average Bonchev–Trinajstić information content (AvgIpc) is 3.37. The van der Waals surface area contributed by atoms with Gasteiger partial charge in [-0.25, -0.2) is 5.43 Å². The lowest BCUT2D eigenvalue weighted by molar-refractivity contribution is -0.118. The molecule has 0 bridgehead atoms. The number of hydrazone groups is 1. The van der Waals surface area contributed by atoms with Crippen molar-refractivity contribution in [1.82, 2.24) is 20.2 Å². The van der Waals surface area contributed by atoms with E-state index in [1.165, 1.54) is 23.0 Å².